The Bertz CT molecular complexity index is 715. The molecule has 0 N–H and O–H groups in total. The summed E-state index contributed by atoms with van der Waals surface area (Å²) >= 11 is 6.07. The van der Waals surface area contributed by atoms with E-state index in [0.29, 0.717) is 29.5 Å². The first-order valence-electron chi connectivity index (χ1n) is 8.31. The van der Waals surface area contributed by atoms with E-state index >= 15 is 0 Å². The van der Waals surface area contributed by atoms with Crippen LogP contribution in [0.2, 0.25) is 5.02 Å². The number of nitro benzene ring substituents is 1. The van der Waals surface area contributed by atoms with Crippen molar-refractivity contribution in [3.05, 3.63) is 38.4 Å². The molecule has 2 fully saturated rings. The number of hydrogen-bond donors (Lipinski definition) is 0. The summed E-state index contributed by atoms with van der Waals surface area (Å²) in [5, 5.41) is 11.8. The Balaban J connectivity index is 1.84. The highest BCUT2D eigenvalue weighted by Gasteiger charge is 2.48. The lowest BCUT2D eigenvalue weighted by Gasteiger charge is -2.50. The first kappa shape index (κ1) is 15.9. The zero-order chi connectivity index (χ0) is 16.7. The van der Waals surface area contributed by atoms with Gasteiger partial charge in [0, 0.05) is 36.2 Å². The zero-order valence-electron chi connectivity index (χ0n) is 13.3. The molecule has 2 aliphatic heterocycles. The van der Waals surface area contributed by atoms with Crippen molar-refractivity contribution >= 4 is 23.4 Å². The number of morpholine rings is 1. The number of halogens is 1. The molecule has 0 bridgehead atoms. The van der Waals surface area contributed by atoms with Gasteiger partial charge in [-0.15, -0.1) is 0 Å². The van der Waals surface area contributed by atoms with Gasteiger partial charge in [-0.1, -0.05) is 11.6 Å². The van der Waals surface area contributed by atoms with Crippen LogP contribution in [-0.2, 0) is 4.74 Å². The van der Waals surface area contributed by atoms with Crippen molar-refractivity contribution in [3.8, 4) is 5.75 Å². The third-order valence-corrected chi connectivity index (χ3v) is 5.31. The number of nitro groups is 1. The number of rotatable bonds is 2. The molecular weight excluding hydrogens is 332 g/mol. The molecule has 0 radical (unpaired) electrons. The number of ether oxygens (including phenoxy) is 2. The van der Waals surface area contributed by atoms with Gasteiger partial charge in [-0.05, 0) is 37.0 Å². The highest BCUT2D eigenvalue weighted by atomic mass is 35.5. The minimum Gasteiger partial charge on any atom is -0.461 e. The van der Waals surface area contributed by atoms with E-state index in [-0.39, 0.29) is 5.69 Å². The molecule has 1 aromatic rings. The molecule has 0 unspecified atom stereocenters. The molecule has 0 aromatic heterocycles. The predicted molar refractivity (Wildman–Crippen MR) is 90.3 cm³/mol. The lowest BCUT2D eigenvalue weighted by atomic mass is 9.82. The van der Waals surface area contributed by atoms with E-state index in [2.05, 4.69) is 4.90 Å². The van der Waals surface area contributed by atoms with Crippen molar-refractivity contribution in [2.45, 2.75) is 31.4 Å². The second-order valence-electron chi connectivity index (χ2n) is 6.46. The Morgan fingerprint density at radius 3 is 2.79 bits per heavy atom. The second-order valence-corrected chi connectivity index (χ2v) is 6.90. The van der Waals surface area contributed by atoms with Crippen LogP contribution in [-0.4, -0.2) is 41.9 Å². The predicted octanol–water partition coefficient (Wildman–Crippen LogP) is 3.63. The fourth-order valence-corrected chi connectivity index (χ4v) is 4.22. The minimum absolute atomic E-state index is 0.0639. The monoisotopic (exact) mass is 350 g/mol. The lowest BCUT2D eigenvalue weighted by Crippen LogP contribution is -2.59. The topological polar surface area (TPSA) is 64.8 Å². The standard InChI is InChI=1S/C17H19ClN2O4/c18-14-10-12-9-13-3-1-2-4-17(13,19-5-7-23-8-6-19)24-16(12)15(11-14)20(21)22/h9-11H,1-8H2/t17-/m0/s1. The Morgan fingerprint density at radius 1 is 1.25 bits per heavy atom. The first-order chi connectivity index (χ1) is 11.6. The van der Waals surface area contributed by atoms with E-state index in [1.807, 2.05) is 6.08 Å². The molecule has 128 valence electrons. The molecule has 1 saturated heterocycles. The van der Waals surface area contributed by atoms with Crippen LogP contribution < -0.4 is 4.74 Å². The molecule has 1 atom stereocenters. The molecule has 3 aliphatic rings. The minimum atomic E-state index is -0.576. The van der Waals surface area contributed by atoms with E-state index in [9.17, 15) is 10.1 Å². The van der Waals surface area contributed by atoms with Crippen molar-refractivity contribution in [1.29, 1.82) is 0 Å². The lowest BCUT2D eigenvalue weighted by molar-refractivity contribution is -0.386. The smallest absolute Gasteiger partial charge is 0.313 e. The first-order valence-corrected chi connectivity index (χ1v) is 8.69. The van der Waals surface area contributed by atoms with Gasteiger partial charge >= 0.3 is 5.69 Å². The van der Waals surface area contributed by atoms with Crippen LogP contribution >= 0.6 is 11.6 Å². The summed E-state index contributed by atoms with van der Waals surface area (Å²) in [6.45, 7) is 2.87. The molecule has 0 amide bonds. The van der Waals surface area contributed by atoms with Gasteiger partial charge < -0.3 is 9.47 Å². The summed E-state index contributed by atoms with van der Waals surface area (Å²) in [6, 6.07) is 3.11. The average molecular weight is 351 g/mol. The SMILES string of the molecule is O=[N+]([O-])c1cc(Cl)cc2c1O[C@@]1(N3CCOCC3)CCCCC1=C2. The number of hydrogen-bond acceptors (Lipinski definition) is 5. The summed E-state index contributed by atoms with van der Waals surface area (Å²) in [4.78, 5) is 13.3. The van der Waals surface area contributed by atoms with Crippen molar-refractivity contribution in [3.63, 3.8) is 0 Å². The van der Waals surface area contributed by atoms with E-state index in [0.717, 1.165) is 38.8 Å². The summed E-state index contributed by atoms with van der Waals surface area (Å²) in [7, 11) is 0. The van der Waals surface area contributed by atoms with Crippen LogP contribution in [0.3, 0.4) is 0 Å². The molecule has 6 nitrogen and oxygen atoms in total. The fraction of sp³-hybridized carbons (Fsp3) is 0.529. The Morgan fingerprint density at radius 2 is 2.04 bits per heavy atom. The number of benzene rings is 1. The van der Waals surface area contributed by atoms with Crippen LogP contribution in [0.15, 0.2) is 17.7 Å². The van der Waals surface area contributed by atoms with Crippen LogP contribution in [0.1, 0.15) is 31.2 Å². The van der Waals surface area contributed by atoms with Crippen LogP contribution in [0.25, 0.3) is 6.08 Å². The third kappa shape index (κ3) is 2.49. The normalized spacial score (nSPS) is 26.8. The molecule has 1 saturated carbocycles. The van der Waals surface area contributed by atoms with Gasteiger partial charge in [0.05, 0.1) is 18.1 Å². The Hall–Kier alpha value is -1.63. The summed E-state index contributed by atoms with van der Waals surface area (Å²) in [5.41, 5.74) is 1.26. The summed E-state index contributed by atoms with van der Waals surface area (Å²) in [6.07, 6.45) is 5.99. The van der Waals surface area contributed by atoms with Gasteiger partial charge in [0.25, 0.3) is 0 Å². The van der Waals surface area contributed by atoms with Crippen LogP contribution in [0.5, 0.6) is 5.75 Å². The highest BCUT2D eigenvalue weighted by Crippen LogP contribution is 2.49. The Kier molecular flexibility index (Phi) is 3.98. The Labute approximate surface area is 145 Å². The van der Waals surface area contributed by atoms with Crippen LogP contribution in [0, 0.1) is 10.1 Å². The average Bonchev–Trinajstić information content (AvgIpc) is 2.60. The van der Waals surface area contributed by atoms with Gasteiger partial charge in [0.2, 0.25) is 5.75 Å². The van der Waals surface area contributed by atoms with Crippen molar-refractivity contribution in [2.75, 3.05) is 26.3 Å². The molecule has 1 aliphatic carbocycles. The maximum absolute atomic E-state index is 11.5. The number of nitrogens with zero attached hydrogens (tertiary/aromatic N) is 2. The van der Waals surface area contributed by atoms with Gasteiger partial charge in [-0.2, -0.15) is 0 Å². The second kappa shape index (κ2) is 6.02. The van der Waals surface area contributed by atoms with E-state index in [4.69, 9.17) is 21.1 Å². The molecule has 1 aromatic carbocycles. The van der Waals surface area contributed by atoms with Crippen molar-refractivity contribution in [2.24, 2.45) is 0 Å². The van der Waals surface area contributed by atoms with Crippen molar-refractivity contribution < 1.29 is 14.4 Å². The number of fused-ring (bicyclic) bond motifs is 2. The van der Waals surface area contributed by atoms with Gasteiger partial charge in [-0.3, -0.25) is 15.0 Å². The van der Waals surface area contributed by atoms with E-state index < -0.39 is 10.6 Å². The quantitative estimate of drug-likeness (QED) is 0.602. The molecule has 2 heterocycles. The third-order valence-electron chi connectivity index (χ3n) is 5.10. The molecule has 7 heteroatoms. The van der Waals surface area contributed by atoms with Crippen molar-refractivity contribution in [1.82, 2.24) is 4.90 Å². The van der Waals surface area contributed by atoms with Gasteiger partial charge in [0.15, 0.2) is 5.72 Å². The van der Waals surface area contributed by atoms with E-state index in [1.165, 1.54) is 11.6 Å². The maximum atomic E-state index is 11.5. The zero-order valence-corrected chi connectivity index (χ0v) is 14.1. The van der Waals surface area contributed by atoms with Gasteiger partial charge in [-0.25, -0.2) is 0 Å². The summed E-state index contributed by atoms with van der Waals surface area (Å²) in [5.74, 6) is 0.335. The molecule has 0 spiro atoms. The van der Waals surface area contributed by atoms with Gasteiger partial charge in [0.1, 0.15) is 0 Å². The van der Waals surface area contributed by atoms with E-state index in [1.54, 1.807) is 6.07 Å². The molecule has 24 heavy (non-hydrogen) atoms. The fourth-order valence-electron chi connectivity index (χ4n) is 4.00. The summed E-state index contributed by atoms with van der Waals surface area (Å²) < 4.78 is 11.9. The van der Waals surface area contributed by atoms with Crippen LogP contribution in [0.4, 0.5) is 5.69 Å². The highest BCUT2D eigenvalue weighted by molar-refractivity contribution is 6.31. The largest absolute Gasteiger partial charge is 0.461 e. The molecular formula is C17H19ClN2O4. The molecule has 4 rings (SSSR count). The maximum Gasteiger partial charge on any atom is 0.313 e.